The highest BCUT2D eigenvalue weighted by molar-refractivity contribution is 9.10. The van der Waals surface area contributed by atoms with Crippen LogP contribution >= 0.6 is 15.9 Å². The number of nitrogens with one attached hydrogen (secondary N) is 1. The Morgan fingerprint density at radius 1 is 1.09 bits per heavy atom. The molecule has 4 fully saturated rings. The van der Waals surface area contributed by atoms with E-state index in [1.54, 1.807) is 20.1 Å². The van der Waals surface area contributed by atoms with Crippen molar-refractivity contribution >= 4 is 55.4 Å². The Morgan fingerprint density at radius 3 is 2.53 bits per heavy atom. The number of methoxy groups -OCH3 is 1. The molecule has 7 heteroatoms. The van der Waals surface area contributed by atoms with Crippen molar-refractivity contribution in [2.75, 3.05) is 12.4 Å². The van der Waals surface area contributed by atoms with Crippen LogP contribution in [-0.2, 0) is 14.3 Å². The van der Waals surface area contributed by atoms with E-state index >= 15 is 0 Å². The van der Waals surface area contributed by atoms with E-state index in [1.165, 1.54) is 6.42 Å². The van der Waals surface area contributed by atoms with Crippen molar-refractivity contribution in [2.45, 2.75) is 55.9 Å². The highest BCUT2D eigenvalue weighted by Crippen LogP contribution is 2.64. The summed E-state index contributed by atoms with van der Waals surface area (Å²) >= 11 is 3.94. The largest absolute Gasteiger partial charge is 0.495 e. The zero-order chi connectivity index (χ0) is 23.7. The molecule has 3 atom stereocenters. The number of halogens is 1. The highest BCUT2D eigenvalue weighted by Gasteiger charge is 2.60. The molecule has 1 amide bonds. The minimum Gasteiger partial charge on any atom is -0.495 e. The Labute approximate surface area is 206 Å². The molecule has 0 unspecified atom stereocenters. The van der Waals surface area contributed by atoms with E-state index in [1.807, 2.05) is 30.3 Å². The van der Waals surface area contributed by atoms with Crippen LogP contribution in [0.3, 0.4) is 0 Å². The number of furan rings is 1. The molecule has 4 saturated carbocycles. The van der Waals surface area contributed by atoms with E-state index in [4.69, 9.17) is 13.9 Å². The molecule has 1 aromatic heterocycles. The van der Waals surface area contributed by atoms with Crippen molar-refractivity contribution in [3.05, 3.63) is 36.4 Å². The SMILES string of the molecule is COc1cc2c(cc1NC(=O)[C@@H](C)OC(=O)C13C[C@H]4C[C@@H](CC(Br)(C4)C1)C3)oc1ccccc12. The third-order valence-corrected chi connectivity index (χ3v) is 8.96. The van der Waals surface area contributed by atoms with E-state index in [2.05, 4.69) is 21.2 Å². The van der Waals surface area contributed by atoms with Crippen LogP contribution in [0.5, 0.6) is 5.75 Å². The predicted molar refractivity (Wildman–Crippen MR) is 133 cm³/mol. The van der Waals surface area contributed by atoms with Gasteiger partial charge < -0.3 is 19.2 Å². The maximum atomic E-state index is 13.3. The topological polar surface area (TPSA) is 77.8 Å². The zero-order valence-electron chi connectivity index (χ0n) is 19.4. The number of amides is 1. The summed E-state index contributed by atoms with van der Waals surface area (Å²) in [7, 11) is 1.56. The molecule has 4 aliphatic rings. The van der Waals surface area contributed by atoms with Gasteiger partial charge in [-0.2, -0.15) is 0 Å². The molecule has 3 aromatic rings. The predicted octanol–water partition coefficient (Wildman–Crippen LogP) is 6.20. The molecule has 0 saturated heterocycles. The molecule has 0 radical (unpaired) electrons. The molecule has 2 aromatic carbocycles. The second-order valence-electron chi connectivity index (χ2n) is 10.6. The molecule has 6 nitrogen and oxygen atoms in total. The van der Waals surface area contributed by atoms with Gasteiger partial charge in [0.15, 0.2) is 6.10 Å². The van der Waals surface area contributed by atoms with Gasteiger partial charge in [0.05, 0.1) is 18.2 Å². The van der Waals surface area contributed by atoms with Crippen LogP contribution in [0.25, 0.3) is 21.9 Å². The monoisotopic (exact) mass is 525 g/mol. The Kier molecular flexibility index (Phi) is 5.00. The number of esters is 1. The fourth-order valence-electron chi connectivity index (χ4n) is 6.98. The molecule has 0 aliphatic heterocycles. The number of anilines is 1. The molecular weight excluding hydrogens is 498 g/mol. The first-order valence-corrected chi connectivity index (χ1v) is 12.8. The molecule has 34 heavy (non-hydrogen) atoms. The van der Waals surface area contributed by atoms with Crippen LogP contribution in [-0.4, -0.2) is 29.4 Å². The molecule has 1 heterocycles. The lowest BCUT2D eigenvalue weighted by molar-refractivity contribution is -0.175. The fourth-order valence-corrected chi connectivity index (χ4v) is 8.43. The van der Waals surface area contributed by atoms with Gasteiger partial charge in [0.2, 0.25) is 0 Å². The van der Waals surface area contributed by atoms with E-state index in [-0.39, 0.29) is 16.2 Å². The first kappa shape index (κ1) is 22.0. The first-order chi connectivity index (χ1) is 16.3. The van der Waals surface area contributed by atoms with Crippen LogP contribution in [0, 0.1) is 17.3 Å². The molecule has 1 N–H and O–H groups in total. The van der Waals surface area contributed by atoms with E-state index in [0.29, 0.717) is 28.9 Å². The van der Waals surface area contributed by atoms with Crippen LogP contribution in [0.1, 0.15) is 45.4 Å². The number of alkyl halides is 1. The summed E-state index contributed by atoms with van der Waals surface area (Å²) in [5.41, 5.74) is 1.44. The molecule has 178 valence electrons. The number of fused-ring (bicyclic) bond motifs is 3. The van der Waals surface area contributed by atoms with Gasteiger partial charge in [0, 0.05) is 21.2 Å². The standard InChI is InChI=1S/C27H28BrNO5/c1-15(33-25(31)26-10-16-7-17(11-26)13-27(28,12-16)14-26)24(30)29-20-9-22-19(8-23(20)32-2)18-5-3-4-6-21(18)34-22/h3-6,8-9,15-17H,7,10-14H2,1-2H3,(H,29,30)/t15-,16-,17-,26?,27?/m1/s1. The van der Waals surface area contributed by atoms with Crippen molar-refractivity contribution in [3.8, 4) is 5.75 Å². The Morgan fingerprint density at radius 2 is 1.82 bits per heavy atom. The van der Waals surface area contributed by atoms with Crippen LogP contribution in [0.15, 0.2) is 40.8 Å². The van der Waals surface area contributed by atoms with Gasteiger partial charge in [-0.15, -0.1) is 0 Å². The third kappa shape index (κ3) is 3.51. The van der Waals surface area contributed by atoms with Crippen molar-refractivity contribution in [2.24, 2.45) is 17.3 Å². The van der Waals surface area contributed by atoms with Gasteiger partial charge in [-0.3, -0.25) is 9.59 Å². The maximum absolute atomic E-state index is 13.3. The van der Waals surface area contributed by atoms with Gasteiger partial charge in [-0.25, -0.2) is 0 Å². The van der Waals surface area contributed by atoms with Crippen molar-refractivity contribution in [1.29, 1.82) is 0 Å². The second-order valence-corrected chi connectivity index (χ2v) is 12.3. The number of rotatable bonds is 5. The van der Waals surface area contributed by atoms with Crippen molar-refractivity contribution in [3.63, 3.8) is 0 Å². The lowest BCUT2D eigenvalue weighted by Gasteiger charge is -2.58. The van der Waals surface area contributed by atoms with E-state index in [0.717, 1.165) is 48.5 Å². The van der Waals surface area contributed by atoms with Gasteiger partial charge in [0.25, 0.3) is 5.91 Å². The minimum atomic E-state index is -0.914. The highest BCUT2D eigenvalue weighted by atomic mass is 79.9. The summed E-state index contributed by atoms with van der Waals surface area (Å²) in [6.45, 7) is 1.63. The summed E-state index contributed by atoms with van der Waals surface area (Å²) in [5.74, 6) is 1.04. The average Bonchev–Trinajstić information content (AvgIpc) is 3.14. The average molecular weight is 526 g/mol. The molecule has 4 bridgehead atoms. The fraction of sp³-hybridized carbons (Fsp3) is 0.481. The number of para-hydroxylation sites is 1. The van der Waals surface area contributed by atoms with Gasteiger partial charge >= 0.3 is 5.97 Å². The number of ether oxygens (including phenoxy) is 2. The quantitative estimate of drug-likeness (QED) is 0.317. The smallest absolute Gasteiger partial charge is 0.312 e. The van der Waals surface area contributed by atoms with Crippen LogP contribution in [0.4, 0.5) is 5.69 Å². The van der Waals surface area contributed by atoms with Gasteiger partial charge in [0.1, 0.15) is 16.9 Å². The molecule has 0 spiro atoms. The van der Waals surface area contributed by atoms with Crippen LogP contribution < -0.4 is 10.1 Å². The van der Waals surface area contributed by atoms with Gasteiger partial charge in [-0.05, 0) is 69.4 Å². The van der Waals surface area contributed by atoms with Gasteiger partial charge in [-0.1, -0.05) is 34.1 Å². The number of carbonyl (C=O) groups is 2. The Hall–Kier alpha value is -2.54. The summed E-state index contributed by atoms with van der Waals surface area (Å²) < 4.78 is 17.3. The molecule has 4 aliphatic carbocycles. The van der Waals surface area contributed by atoms with E-state index < -0.39 is 11.5 Å². The number of benzene rings is 2. The summed E-state index contributed by atoms with van der Waals surface area (Å²) in [5, 5.41) is 4.77. The number of hydrogen-bond donors (Lipinski definition) is 1. The van der Waals surface area contributed by atoms with Crippen LogP contribution in [0.2, 0.25) is 0 Å². The third-order valence-electron chi connectivity index (χ3n) is 8.03. The number of hydrogen-bond acceptors (Lipinski definition) is 5. The minimum absolute atomic E-state index is 0.0525. The van der Waals surface area contributed by atoms with Crippen molar-refractivity contribution in [1.82, 2.24) is 0 Å². The Balaban J connectivity index is 1.20. The molecule has 7 rings (SSSR count). The second kappa shape index (κ2) is 7.74. The zero-order valence-corrected chi connectivity index (χ0v) is 20.9. The lowest BCUT2D eigenvalue weighted by Crippen LogP contribution is -2.56. The number of carbonyl (C=O) groups excluding carboxylic acids is 2. The summed E-state index contributed by atoms with van der Waals surface area (Å²) in [6, 6.07) is 11.4. The summed E-state index contributed by atoms with van der Waals surface area (Å²) in [4.78, 5) is 26.4. The normalized spacial score (nSPS) is 30.4. The van der Waals surface area contributed by atoms with Crippen molar-refractivity contribution < 1.29 is 23.5 Å². The summed E-state index contributed by atoms with van der Waals surface area (Å²) in [6.07, 6.45) is 5.13. The lowest BCUT2D eigenvalue weighted by atomic mass is 9.49. The maximum Gasteiger partial charge on any atom is 0.312 e. The first-order valence-electron chi connectivity index (χ1n) is 12.0. The van der Waals surface area contributed by atoms with E-state index in [9.17, 15) is 9.59 Å². The molecular formula is C27H28BrNO5. The Bertz CT molecular complexity index is 1300.